The molecule has 0 bridgehead atoms. The molecule has 0 fully saturated rings. The Morgan fingerprint density at radius 3 is 2.21 bits per heavy atom. The van der Waals surface area contributed by atoms with Gasteiger partial charge < -0.3 is 9.84 Å². The molecule has 0 spiro atoms. The molecule has 4 heteroatoms. The molecule has 0 saturated carbocycles. The van der Waals surface area contributed by atoms with Gasteiger partial charge in [-0.25, -0.2) is 4.79 Å². The molecule has 3 aromatic carbocycles. The fourth-order valence-corrected chi connectivity index (χ4v) is 2.48. The van der Waals surface area contributed by atoms with E-state index in [1.165, 1.54) is 0 Å². The van der Waals surface area contributed by atoms with Crippen LogP contribution in [0, 0.1) is 11.3 Å². The number of nitriles is 1. The molecular weight excluding hydrogens is 350 g/mol. The van der Waals surface area contributed by atoms with Gasteiger partial charge in [-0.3, -0.25) is 0 Å². The van der Waals surface area contributed by atoms with Crippen LogP contribution in [0.4, 0.5) is 0 Å². The van der Waals surface area contributed by atoms with Gasteiger partial charge in [0.1, 0.15) is 5.75 Å². The van der Waals surface area contributed by atoms with Crippen molar-refractivity contribution in [2.75, 3.05) is 6.61 Å². The molecule has 1 N–H and O–H groups in total. The summed E-state index contributed by atoms with van der Waals surface area (Å²) in [5.74, 6) is -0.187. The minimum absolute atomic E-state index is 0.285. The van der Waals surface area contributed by atoms with Gasteiger partial charge >= 0.3 is 5.97 Å². The zero-order chi connectivity index (χ0) is 20.2. The van der Waals surface area contributed by atoms with Gasteiger partial charge in [-0.15, -0.1) is 0 Å². The number of carbonyl (C=O) groups is 1. The van der Waals surface area contributed by atoms with Crippen molar-refractivity contribution in [2.45, 2.75) is 19.8 Å². The summed E-state index contributed by atoms with van der Waals surface area (Å²) in [6.07, 6.45) is 2.11. The summed E-state index contributed by atoms with van der Waals surface area (Å²) < 4.78 is 5.39. The van der Waals surface area contributed by atoms with Crippen molar-refractivity contribution in [3.05, 3.63) is 90.0 Å². The molecule has 4 nitrogen and oxygen atoms in total. The average molecular weight is 373 g/mol. The van der Waals surface area contributed by atoms with Crippen LogP contribution in [0.3, 0.4) is 0 Å². The molecule has 3 aromatic rings. The number of carboxylic acids is 1. The van der Waals surface area contributed by atoms with E-state index in [2.05, 4.69) is 13.0 Å². The molecule has 0 aliphatic heterocycles. The van der Waals surface area contributed by atoms with Gasteiger partial charge in [0.05, 0.1) is 23.8 Å². The fourth-order valence-electron chi connectivity index (χ4n) is 2.48. The second kappa shape index (κ2) is 11.2. The largest absolute Gasteiger partial charge is 0.494 e. The summed E-state index contributed by atoms with van der Waals surface area (Å²) in [7, 11) is 0. The lowest BCUT2D eigenvalue weighted by molar-refractivity contribution is 0.0697. The third-order valence-electron chi connectivity index (χ3n) is 4.00. The topological polar surface area (TPSA) is 70.3 Å². The second-order valence-electron chi connectivity index (χ2n) is 6.05. The molecule has 0 saturated heterocycles. The van der Waals surface area contributed by atoms with Crippen LogP contribution >= 0.6 is 0 Å². The summed E-state index contributed by atoms with van der Waals surface area (Å²) in [4.78, 5) is 10.5. The lowest BCUT2D eigenvalue weighted by Crippen LogP contribution is -1.98. The molecule has 0 aliphatic rings. The third-order valence-corrected chi connectivity index (χ3v) is 4.00. The average Bonchev–Trinajstić information content (AvgIpc) is 2.75. The lowest BCUT2D eigenvalue weighted by atomic mass is 10.0. The van der Waals surface area contributed by atoms with Crippen molar-refractivity contribution in [2.24, 2.45) is 0 Å². The van der Waals surface area contributed by atoms with Crippen LogP contribution in [0.25, 0.3) is 11.1 Å². The quantitative estimate of drug-likeness (QED) is 0.555. The van der Waals surface area contributed by atoms with E-state index in [-0.39, 0.29) is 5.56 Å². The highest BCUT2D eigenvalue weighted by molar-refractivity contribution is 5.87. The van der Waals surface area contributed by atoms with Crippen LogP contribution in [0.1, 0.15) is 35.7 Å². The monoisotopic (exact) mass is 373 g/mol. The lowest BCUT2D eigenvalue weighted by Gasteiger charge is -2.04. The number of nitrogens with zero attached hydrogens (tertiary/aromatic N) is 1. The van der Waals surface area contributed by atoms with Crippen LogP contribution < -0.4 is 4.74 Å². The summed E-state index contributed by atoms with van der Waals surface area (Å²) in [5.41, 5.74) is 3.09. The van der Waals surface area contributed by atoms with Crippen LogP contribution in [0.5, 0.6) is 5.75 Å². The highest BCUT2D eigenvalue weighted by atomic mass is 16.5. The van der Waals surface area contributed by atoms with Crippen molar-refractivity contribution < 1.29 is 14.6 Å². The van der Waals surface area contributed by atoms with Crippen LogP contribution in [0.2, 0.25) is 0 Å². The summed E-state index contributed by atoms with van der Waals surface area (Å²) in [5, 5.41) is 17.6. The summed E-state index contributed by atoms with van der Waals surface area (Å²) in [6.45, 7) is 2.78. The zero-order valence-electron chi connectivity index (χ0n) is 15.8. The van der Waals surface area contributed by atoms with E-state index in [1.807, 2.05) is 54.6 Å². The maximum absolute atomic E-state index is 10.5. The Balaban J connectivity index is 0.000000200. The summed E-state index contributed by atoms with van der Waals surface area (Å²) >= 11 is 0. The Kier molecular flexibility index (Phi) is 8.29. The van der Waals surface area contributed by atoms with E-state index >= 15 is 0 Å². The predicted molar refractivity (Wildman–Crippen MR) is 110 cm³/mol. The number of hydrogen-bond acceptors (Lipinski definition) is 3. The highest BCUT2D eigenvalue weighted by Crippen LogP contribution is 2.22. The van der Waals surface area contributed by atoms with Gasteiger partial charge in [0.2, 0.25) is 0 Å². The Hall–Kier alpha value is -3.58. The van der Waals surface area contributed by atoms with Crippen LogP contribution in [-0.2, 0) is 0 Å². The third kappa shape index (κ3) is 6.30. The first-order valence-electron chi connectivity index (χ1n) is 9.16. The van der Waals surface area contributed by atoms with E-state index in [0.29, 0.717) is 6.61 Å². The number of carboxylic acid groups (broad SMARTS) is 1. The molecule has 0 aromatic heterocycles. The standard InChI is InChI=1S/C13H9N.C11H14O3/c14-10-12-8-4-5-9-13(12)11-6-2-1-3-7-11;1-2-3-8-14-10-6-4-9(5-7-10)11(12)13/h1-9H;4-7H,2-3,8H2,1H3,(H,12,13). The van der Waals surface area contributed by atoms with Gasteiger partial charge in [0, 0.05) is 0 Å². The number of unbranched alkanes of at least 4 members (excludes halogenated alkanes) is 1. The number of benzene rings is 3. The Labute approximate surface area is 165 Å². The van der Waals surface area contributed by atoms with Crippen molar-refractivity contribution in [3.63, 3.8) is 0 Å². The molecule has 142 valence electrons. The Morgan fingerprint density at radius 2 is 1.61 bits per heavy atom. The second-order valence-corrected chi connectivity index (χ2v) is 6.05. The smallest absolute Gasteiger partial charge is 0.335 e. The van der Waals surface area contributed by atoms with Crippen molar-refractivity contribution in [3.8, 4) is 22.9 Å². The minimum Gasteiger partial charge on any atom is -0.494 e. The molecule has 0 atom stereocenters. The number of rotatable bonds is 6. The first kappa shape index (κ1) is 20.7. The van der Waals surface area contributed by atoms with E-state index in [0.717, 1.165) is 35.3 Å². The molecular formula is C24H23NO3. The van der Waals surface area contributed by atoms with Crippen molar-refractivity contribution in [1.29, 1.82) is 5.26 Å². The van der Waals surface area contributed by atoms with Crippen LogP contribution in [0.15, 0.2) is 78.9 Å². The molecule has 0 unspecified atom stereocenters. The van der Waals surface area contributed by atoms with E-state index < -0.39 is 5.97 Å². The van der Waals surface area contributed by atoms with E-state index in [1.54, 1.807) is 24.3 Å². The molecule has 0 amide bonds. The van der Waals surface area contributed by atoms with Crippen molar-refractivity contribution >= 4 is 5.97 Å². The number of hydrogen-bond donors (Lipinski definition) is 1. The normalized spacial score (nSPS) is 9.57. The fraction of sp³-hybridized carbons (Fsp3) is 0.167. The van der Waals surface area contributed by atoms with Crippen LogP contribution in [-0.4, -0.2) is 17.7 Å². The van der Waals surface area contributed by atoms with Gasteiger partial charge in [0.15, 0.2) is 0 Å². The molecule has 0 radical (unpaired) electrons. The zero-order valence-corrected chi connectivity index (χ0v) is 15.8. The van der Waals surface area contributed by atoms with E-state index in [4.69, 9.17) is 15.1 Å². The maximum atomic E-state index is 10.5. The highest BCUT2D eigenvalue weighted by Gasteiger charge is 2.02. The summed E-state index contributed by atoms with van der Waals surface area (Å²) in [6, 6.07) is 26.2. The first-order valence-corrected chi connectivity index (χ1v) is 9.16. The van der Waals surface area contributed by atoms with Gasteiger partial charge in [-0.1, -0.05) is 61.9 Å². The van der Waals surface area contributed by atoms with Crippen molar-refractivity contribution in [1.82, 2.24) is 0 Å². The first-order chi connectivity index (χ1) is 13.7. The van der Waals surface area contributed by atoms with Gasteiger partial charge in [-0.05, 0) is 47.9 Å². The predicted octanol–water partition coefficient (Wildman–Crippen LogP) is 5.79. The Bertz CT molecular complexity index is 913. The number of ether oxygens (including phenoxy) is 1. The Morgan fingerprint density at radius 1 is 0.964 bits per heavy atom. The SMILES string of the molecule is CCCCOc1ccc(C(=O)O)cc1.N#Cc1ccccc1-c1ccccc1. The number of aromatic carboxylic acids is 1. The molecule has 0 aliphatic carbocycles. The maximum Gasteiger partial charge on any atom is 0.335 e. The van der Waals surface area contributed by atoms with Gasteiger partial charge in [-0.2, -0.15) is 5.26 Å². The molecule has 0 heterocycles. The molecule has 3 rings (SSSR count). The molecule has 28 heavy (non-hydrogen) atoms. The van der Waals surface area contributed by atoms with E-state index in [9.17, 15) is 4.79 Å². The minimum atomic E-state index is -0.912. The van der Waals surface area contributed by atoms with Gasteiger partial charge in [0.25, 0.3) is 0 Å².